The first-order valence-electron chi connectivity index (χ1n) is 13.7. The summed E-state index contributed by atoms with van der Waals surface area (Å²) in [6.07, 6.45) is -2.51. The fourth-order valence-corrected chi connectivity index (χ4v) is 5.20. The van der Waals surface area contributed by atoms with E-state index in [1.54, 1.807) is 12.1 Å². The molecule has 2 atom stereocenters. The van der Waals surface area contributed by atoms with E-state index >= 15 is 0 Å². The Kier molecular flexibility index (Phi) is 9.70. The molecule has 0 unspecified atom stereocenters. The number of carbonyl (C=O) groups is 2. The second-order valence-corrected chi connectivity index (χ2v) is 10.4. The standard InChI is InChI=1S/C33H35FN2O5/c1-21(2)31-30(33(41)35-25-11-7-4-8-12-25)29(22-9-5-3-6-10-22)32(23-13-15-24(34)16-14-23)36(31)18-17-26(37)19-27(38)20-28(39)40/h3-16,21,26-27,37-38H,17-20H2,1-2H3,(H,35,41)(H,39,40)/t26-,27+/m1/s1/i27+2. The van der Waals surface area contributed by atoms with Crippen molar-refractivity contribution < 1.29 is 29.3 Å². The van der Waals surface area contributed by atoms with Crippen LogP contribution < -0.4 is 5.32 Å². The van der Waals surface area contributed by atoms with Crippen LogP contribution in [0.4, 0.5) is 10.1 Å². The zero-order valence-electron chi connectivity index (χ0n) is 23.1. The van der Waals surface area contributed by atoms with E-state index in [9.17, 15) is 24.2 Å². The fraction of sp³-hybridized carbons (Fsp3) is 0.273. The van der Waals surface area contributed by atoms with Gasteiger partial charge in [0, 0.05) is 23.5 Å². The fourth-order valence-electron chi connectivity index (χ4n) is 5.20. The van der Waals surface area contributed by atoms with Crippen LogP contribution in [-0.4, -0.2) is 44.0 Å². The number of carbonyl (C=O) groups excluding carboxylic acids is 1. The lowest BCUT2D eigenvalue weighted by Crippen LogP contribution is -2.22. The van der Waals surface area contributed by atoms with Crippen LogP contribution in [0.15, 0.2) is 84.9 Å². The molecule has 0 aliphatic heterocycles. The minimum absolute atomic E-state index is 0.0939. The van der Waals surface area contributed by atoms with Crippen molar-refractivity contribution in [2.45, 2.75) is 57.8 Å². The first-order valence-corrected chi connectivity index (χ1v) is 13.7. The monoisotopic (exact) mass is 560 g/mol. The Hall–Kier alpha value is -4.27. The van der Waals surface area contributed by atoms with Crippen LogP contribution in [0.3, 0.4) is 0 Å². The van der Waals surface area contributed by atoms with E-state index in [4.69, 9.17) is 5.11 Å². The molecular weight excluding hydrogens is 525 g/mol. The Bertz CT molecular complexity index is 1470. The maximum absolute atomic E-state index is 14.0. The zero-order valence-corrected chi connectivity index (χ0v) is 23.1. The molecule has 1 amide bonds. The van der Waals surface area contributed by atoms with Gasteiger partial charge in [-0.1, -0.05) is 62.4 Å². The molecule has 0 bridgehead atoms. The van der Waals surface area contributed by atoms with Crippen LogP contribution in [0.1, 0.15) is 55.1 Å². The maximum atomic E-state index is 14.0. The number of nitrogens with one attached hydrogen (secondary N) is 1. The Morgan fingerprint density at radius 1 is 0.927 bits per heavy atom. The van der Waals surface area contributed by atoms with Crippen molar-refractivity contribution >= 4 is 17.6 Å². The molecule has 4 N–H and O–H groups in total. The highest BCUT2D eigenvalue weighted by molar-refractivity contribution is 6.12. The average Bonchev–Trinajstić information content (AvgIpc) is 3.28. The average molecular weight is 561 g/mol. The summed E-state index contributed by atoms with van der Waals surface area (Å²) in [5.74, 6) is -1.93. The number of aromatic nitrogens is 1. The van der Waals surface area contributed by atoms with Gasteiger partial charge < -0.3 is 25.2 Å². The Morgan fingerprint density at radius 3 is 2.12 bits per heavy atom. The minimum Gasteiger partial charge on any atom is -0.481 e. The van der Waals surface area contributed by atoms with Gasteiger partial charge in [0.05, 0.1) is 29.9 Å². The summed E-state index contributed by atoms with van der Waals surface area (Å²) < 4.78 is 16.0. The highest BCUT2D eigenvalue weighted by Gasteiger charge is 2.31. The van der Waals surface area contributed by atoms with Crippen molar-refractivity contribution in [3.05, 3.63) is 102 Å². The summed E-state index contributed by atoms with van der Waals surface area (Å²) in [7, 11) is 0. The number of anilines is 1. The molecule has 1 aromatic heterocycles. The molecule has 0 saturated carbocycles. The van der Waals surface area contributed by atoms with Crippen molar-refractivity contribution in [1.29, 1.82) is 0 Å². The van der Waals surface area contributed by atoms with Gasteiger partial charge in [0.2, 0.25) is 0 Å². The van der Waals surface area contributed by atoms with Crippen molar-refractivity contribution in [3.63, 3.8) is 0 Å². The third-order valence-corrected chi connectivity index (χ3v) is 6.93. The topological polar surface area (TPSA) is 112 Å². The zero-order chi connectivity index (χ0) is 29.5. The van der Waals surface area contributed by atoms with Gasteiger partial charge in [-0.15, -0.1) is 0 Å². The third-order valence-electron chi connectivity index (χ3n) is 6.93. The SMILES string of the molecule is CC(C)c1c(C(=O)Nc2ccccc2)c(-c2ccccc2)c(-c2ccc(F)cc2)n1CC[C@@H](O)C[14C@H](O)CC(=O)O. The van der Waals surface area contributed by atoms with E-state index in [-0.39, 0.29) is 37.0 Å². The molecule has 3 aromatic carbocycles. The van der Waals surface area contributed by atoms with Gasteiger partial charge in [-0.05, 0) is 66.3 Å². The first-order chi connectivity index (χ1) is 19.7. The molecule has 0 fully saturated rings. The molecule has 214 valence electrons. The molecule has 0 spiro atoms. The number of rotatable bonds is 12. The molecule has 7 nitrogen and oxygen atoms in total. The molecule has 41 heavy (non-hydrogen) atoms. The molecule has 4 aromatic rings. The number of para-hydroxylation sites is 1. The van der Waals surface area contributed by atoms with Crippen molar-refractivity contribution in [1.82, 2.24) is 4.57 Å². The normalized spacial score (nSPS) is 12.7. The van der Waals surface area contributed by atoms with Gasteiger partial charge in [-0.2, -0.15) is 0 Å². The summed E-state index contributed by atoms with van der Waals surface area (Å²) in [5.41, 5.74) is 4.77. The Balaban J connectivity index is 1.89. The predicted molar refractivity (Wildman–Crippen MR) is 157 cm³/mol. The van der Waals surface area contributed by atoms with E-state index in [1.807, 2.05) is 79.1 Å². The van der Waals surface area contributed by atoms with Gasteiger partial charge >= 0.3 is 5.97 Å². The summed E-state index contributed by atoms with van der Waals surface area (Å²) >= 11 is 0. The number of aliphatic carboxylic acids is 1. The summed E-state index contributed by atoms with van der Waals surface area (Å²) in [6, 6.07) is 24.8. The quantitative estimate of drug-likeness (QED) is 0.162. The first kappa shape index (κ1) is 29.7. The Morgan fingerprint density at radius 2 is 1.54 bits per heavy atom. The van der Waals surface area contributed by atoms with Crippen molar-refractivity contribution in [2.75, 3.05) is 5.32 Å². The van der Waals surface area contributed by atoms with E-state index < -0.39 is 24.6 Å². The number of hydrogen-bond acceptors (Lipinski definition) is 4. The number of aliphatic hydroxyl groups excluding tert-OH is 2. The number of amides is 1. The highest BCUT2D eigenvalue weighted by Crippen LogP contribution is 2.42. The predicted octanol–water partition coefficient (Wildman–Crippen LogP) is 6.31. The number of hydrogen-bond donors (Lipinski definition) is 4. The molecule has 0 aliphatic rings. The summed E-state index contributed by atoms with van der Waals surface area (Å²) in [4.78, 5) is 25.0. The van der Waals surface area contributed by atoms with Crippen LogP contribution in [0, 0.1) is 5.82 Å². The lowest BCUT2D eigenvalue weighted by molar-refractivity contribution is -0.139. The lowest BCUT2D eigenvalue weighted by Gasteiger charge is -2.20. The van der Waals surface area contributed by atoms with E-state index in [1.165, 1.54) is 12.1 Å². The van der Waals surface area contributed by atoms with Crippen LogP contribution >= 0.6 is 0 Å². The smallest absolute Gasteiger partial charge is 0.305 e. The Labute approximate surface area is 238 Å². The molecule has 0 radical (unpaired) electrons. The number of aliphatic hydroxyl groups is 2. The number of nitrogens with zero attached hydrogens (tertiary/aromatic N) is 1. The van der Waals surface area contributed by atoms with Crippen molar-refractivity contribution in [3.8, 4) is 22.4 Å². The van der Waals surface area contributed by atoms with Gasteiger partial charge in [-0.25, -0.2) is 4.39 Å². The van der Waals surface area contributed by atoms with Crippen LogP contribution in [0.25, 0.3) is 22.4 Å². The summed E-state index contributed by atoms with van der Waals surface area (Å²) in [5, 5.41) is 32.8. The molecule has 1 heterocycles. The van der Waals surface area contributed by atoms with E-state index in [2.05, 4.69) is 5.32 Å². The number of carboxylic acid groups (broad SMARTS) is 1. The third kappa shape index (κ3) is 7.28. The number of benzene rings is 3. The van der Waals surface area contributed by atoms with Gasteiger partial charge in [-0.3, -0.25) is 9.59 Å². The lowest BCUT2D eigenvalue weighted by atomic mass is 9.94. The molecule has 0 aliphatic carbocycles. The number of halogens is 1. The molecular formula is C33H35FN2O5. The van der Waals surface area contributed by atoms with E-state index in [0.29, 0.717) is 28.1 Å². The van der Waals surface area contributed by atoms with Gasteiger partial charge in [0.1, 0.15) is 5.82 Å². The van der Waals surface area contributed by atoms with Gasteiger partial charge in [0.25, 0.3) is 5.91 Å². The number of carboxylic acids is 1. The second kappa shape index (κ2) is 13.4. The molecule has 0 saturated heterocycles. The maximum Gasteiger partial charge on any atom is 0.305 e. The van der Waals surface area contributed by atoms with Crippen LogP contribution in [0.2, 0.25) is 0 Å². The van der Waals surface area contributed by atoms with Crippen LogP contribution in [-0.2, 0) is 11.3 Å². The van der Waals surface area contributed by atoms with Crippen molar-refractivity contribution in [2.24, 2.45) is 0 Å². The highest BCUT2D eigenvalue weighted by atomic mass is 19.1. The summed E-state index contributed by atoms with van der Waals surface area (Å²) in [6.45, 7) is 4.25. The largest absolute Gasteiger partial charge is 0.481 e. The molecule has 8 heteroatoms. The van der Waals surface area contributed by atoms with E-state index in [0.717, 1.165) is 11.3 Å². The van der Waals surface area contributed by atoms with Crippen LogP contribution in [0.5, 0.6) is 0 Å². The second-order valence-electron chi connectivity index (χ2n) is 10.4. The van der Waals surface area contributed by atoms with Gasteiger partial charge in [0.15, 0.2) is 0 Å². The molecule has 4 rings (SSSR count). The minimum atomic E-state index is -1.18.